The first-order valence-electron chi connectivity index (χ1n) is 12.6. The number of alkyl halides is 2. The van der Waals surface area contributed by atoms with Crippen LogP contribution in [0, 0.1) is 11.8 Å². The topological polar surface area (TPSA) is 115 Å². The third-order valence-corrected chi connectivity index (χ3v) is 7.63. The minimum absolute atomic E-state index is 0.0894. The van der Waals surface area contributed by atoms with Gasteiger partial charge in [0.15, 0.2) is 5.82 Å². The highest BCUT2D eigenvalue weighted by molar-refractivity contribution is 6.32. The average Bonchev–Trinajstić information content (AvgIpc) is 3.39. The third-order valence-electron chi connectivity index (χ3n) is 7.35. The van der Waals surface area contributed by atoms with E-state index in [4.69, 9.17) is 26.8 Å². The molecule has 0 spiro atoms. The summed E-state index contributed by atoms with van der Waals surface area (Å²) in [6, 6.07) is 3.68. The van der Waals surface area contributed by atoms with Crippen LogP contribution in [0.15, 0.2) is 30.5 Å². The number of carbonyl (C=O) groups is 1. The molecular weight excluding hydrogens is 518 g/mol. The van der Waals surface area contributed by atoms with Gasteiger partial charge in [0, 0.05) is 31.8 Å². The molecular formula is C26H31ClF2N6O3. The minimum Gasteiger partial charge on any atom is -0.495 e. The molecule has 2 heterocycles. The maximum atomic E-state index is 13.6. The number of rotatable bonds is 8. The Morgan fingerprint density at radius 3 is 2.63 bits per heavy atom. The second-order valence-electron chi connectivity index (χ2n) is 10.2. The number of anilines is 3. The molecule has 204 valence electrons. The van der Waals surface area contributed by atoms with Crippen molar-refractivity contribution in [1.82, 2.24) is 14.9 Å². The summed E-state index contributed by atoms with van der Waals surface area (Å²) < 4.78 is 38.1. The van der Waals surface area contributed by atoms with Crippen LogP contribution in [-0.2, 0) is 17.6 Å². The number of benzene rings is 1. The Kier molecular flexibility index (Phi) is 7.32. The van der Waals surface area contributed by atoms with E-state index >= 15 is 0 Å². The second kappa shape index (κ2) is 10.5. The van der Waals surface area contributed by atoms with Crippen LogP contribution in [0.25, 0.3) is 0 Å². The van der Waals surface area contributed by atoms with Gasteiger partial charge in [-0.3, -0.25) is 4.90 Å². The molecule has 4 atom stereocenters. The van der Waals surface area contributed by atoms with E-state index in [1.807, 2.05) is 18.2 Å². The first kappa shape index (κ1) is 26.4. The number of ether oxygens (including phenoxy) is 2. The van der Waals surface area contributed by atoms with Gasteiger partial charge in [-0.05, 0) is 42.5 Å². The molecule has 0 radical (unpaired) electrons. The van der Waals surface area contributed by atoms with E-state index < -0.39 is 18.1 Å². The Morgan fingerprint density at radius 2 is 1.95 bits per heavy atom. The summed E-state index contributed by atoms with van der Waals surface area (Å²) >= 11 is 6.42. The average molecular weight is 549 g/mol. The van der Waals surface area contributed by atoms with Gasteiger partial charge < -0.3 is 25.8 Å². The Hall–Kier alpha value is -3.18. The first-order valence-corrected chi connectivity index (χ1v) is 13.0. The van der Waals surface area contributed by atoms with Crippen LogP contribution < -0.4 is 21.1 Å². The predicted octanol–water partition coefficient (Wildman–Crippen LogP) is 4.39. The number of hydrogen-bond donors (Lipinski definition) is 3. The van der Waals surface area contributed by atoms with Gasteiger partial charge in [0.25, 0.3) is 5.92 Å². The number of halogens is 3. The lowest BCUT2D eigenvalue weighted by atomic mass is 9.98. The molecule has 38 heavy (non-hydrogen) atoms. The summed E-state index contributed by atoms with van der Waals surface area (Å²) in [5.41, 5.74) is 8.08. The third kappa shape index (κ3) is 5.78. The monoisotopic (exact) mass is 548 g/mol. The largest absolute Gasteiger partial charge is 0.495 e. The zero-order valence-corrected chi connectivity index (χ0v) is 22.0. The SMILES string of the molecule is COc1cc2c(cc1Nc1ncc(Cl)c(N[C@H]3[C@@H](OC(N)=O)[C@@H]4C=C[C@H]3C4)n1)CCN(CC(C)(F)F)CC2. The number of fused-ring (bicyclic) bond motifs is 3. The maximum Gasteiger partial charge on any atom is 0.404 e. The maximum absolute atomic E-state index is 13.6. The molecule has 3 aliphatic rings. The molecule has 9 nitrogen and oxygen atoms in total. The number of nitrogens with two attached hydrogens (primary N) is 1. The fourth-order valence-corrected chi connectivity index (χ4v) is 5.83. The van der Waals surface area contributed by atoms with Gasteiger partial charge in [-0.15, -0.1) is 0 Å². The van der Waals surface area contributed by atoms with Gasteiger partial charge in [0.05, 0.1) is 31.6 Å². The lowest BCUT2D eigenvalue weighted by molar-refractivity contribution is -0.0133. The van der Waals surface area contributed by atoms with Crippen LogP contribution in [0.2, 0.25) is 5.02 Å². The highest BCUT2D eigenvalue weighted by Crippen LogP contribution is 2.43. The van der Waals surface area contributed by atoms with Crippen molar-refractivity contribution < 1.29 is 23.0 Å². The lowest BCUT2D eigenvalue weighted by Crippen LogP contribution is -2.41. The Balaban J connectivity index is 1.34. The molecule has 2 aromatic rings. The number of carbonyl (C=O) groups excluding carboxylic acids is 1. The molecule has 5 rings (SSSR count). The number of methoxy groups -OCH3 is 1. The van der Waals surface area contributed by atoms with E-state index in [9.17, 15) is 13.6 Å². The molecule has 1 amide bonds. The molecule has 1 fully saturated rings. The summed E-state index contributed by atoms with van der Waals surface area (Å²) in [7, 11) is 1.57. The van der Waals surface area contributed by atoms with Gasteiger partial charge in [0.2, 0.25) is 5.95 Å². The highest BCUT2D eigenvalue weighted by Gasteiger charge is 2.47. The second-order valence-corrected chi connectivity index (χ2v) is 10.6. The normalized spacial score (nSPS) is 24.6. The molecule has 1 saturated carbocycles. The molecule has 1 aliphatic heterocycles. The summed E-state index contributed by atoms with van der Waals surface area (Å²) in [6.07, 6.45) is 6.54. The smallest absolute Gasteiger partial charge is 0.404 e. The van der Waals surface area contributed by atoms with Crippen molar-refractivity contribution in [2.24, 2.45) is 17.6 Å². The molecule has 1 aromatic carbocycles. The number of aromatic nitrogens is 2. The summed E-state index contributed by atoms with van der Waals surface area (Å²) in [6.45, 7) is 1.78. The number of primary amides is 1. The Bertz CT molecular complexity index is 1240. The van der Waals surface area contributed by atoms with E-state index in [1.165, 1.54) is 6.20 Å². The molecule has 0 unspecified atom stereocenters. The van der Waals surface area contributed by atoms with Crippen molar-refractivity contribution in [1.29, 1.82) is 0 Å². The number of nitrogens with one attached hydrogen (secondary N) is 2. The summed E-state index contributed by atoms with van der Waals surface area (Å²) in [4.78, 5) is 22.1. The van der Waals surface area contributed by atoms with Crippen LogP contribution in [-0.4, -0.2) is 65.8 Å². The van der Waals surface area contributed by atoms with Crippen molar-refractivity contribution >= 4 is 35.1 Å². The van der Waals surface area contributed by atoms with Gasteiger partial charge in [-0.2, -0.15) is 4.98 Å². The van der Waals surface area contributed by atoms with E-state index in [1.54, 1.807) is 12.0 Å². The first-order chi connectivity index (χ1) is 18.1. The van der Waals surface area contributed by atoms with Gasteiger partial charge in [-0.25, -0.2) is 18.6 Å². The molecule has 1 aromatic heterocycles. The number of nitrogens with zero attached hydrogens (tertiary/aromatic N) is 3. The number of amides is 1. The van der Waals surface area contributed by atoms with Crippen molar-refractivity contribution in [2.45, 2.75) is 44.3 Å². The van der Waals surface area contributed by atoms with Crippen molar-refractivity contribution in [2.75, 3.05) is 37.4 Å². The standard InChI is InChI=1S/C26H31ClF2N6O3/c1-26(28,29)13-35-7-5-14-10-19(20(37-2)11-15(14)6-8-35)32-25-31-12-18(27)23(34-25)33-21-16-3-4-17(9-16)22(21)38-24(30)36/h3-4,10-12,16-17,21-22H,5-9,13H2,1-2H3,(H2,30,36)(H2,31,32,33,34)/t16-,17+,21+,22-/m0/s1. The molecule has 12 heteroatoms. The minimum atomic E-state index is -2.74. The molecule has 2 aliphatic carbocycles. The van der Waals surface area contributed by atoms with Crippen LogP contribution in [0.3, 0.4) is 0 Å². The van der Waals surface area contributed by atoms with Gasteiger partial charge >= 0.3 is 6.09 Å². The molecule has 2 bridgehead atoms. The predicted molar refractivity (Wildman–Crippen MR) is 140 cm³/mol. The van der Waals surface area contributed by atoms with E-state index in [-0.39, 0.29) is 24.4 Å². The Morgan fingerprint density at radius 1 is 1.24 bits per heavy atom. The zero-order valence-electron chi connectivity index (χ0n) is 21.2. The number of hydrogen-bond acceptors (Lipinski definition) is 8. The summed E-state index contributed by atoms with van der Waals surface area (Å²) in [5.74, 6) is -1.20. The Labute approximate surface area is 224 Å². The van der Waals surface area contributed by atoms with Crippen molar-refractivity contribution in [3.63, 3.8) is 0 Å². The van der Waals surface area contributed by atoms with Crippen LogP contribution >= 0.6 is 11.6 Å². The van der Waals surface area contributed by atoms with Crippen LogP contribution in [0.4, 0.5) is 31.0 Å². The van der Waals surface area contributed by atoms with E-state index in [0.717, 1.165) is 24.5 Å². The fraction of sp³-hybridized carbons (Fsp3) is 0.500. The molecule has 0 saturated heterocycles. The zero-order chi connectivity index (χ0) is 27.0. The quantitative estimate of drug-likeness (QED) is 0.416. The van der Waals surface area contributed by atoms with Gasteiger partial charge in [0.1, 0.15) is 16.9 Å². The van der Waals surface area contributed by atoms with Gasteiger partial charge in [-0.1, -0.05) is 23.8 Å². The van der Waals surface area contributed by atoms with Crippen LogP contribution in [0.5, 0.6) is 5.75 Å². The van der Waals surface area contributed by atoms with Crippen molar-refractivity contribution in [3.8, 4) is 5.75 Å². The molecule has 4 N–H and O–H groups in total. The van der Waals surface area contributed by atoms with E-state index in [0.29, 0.717) is 54.2 Å². The van der Waals surface area contributed by atoms with Crippen LogP contribution in [0.1, 0.15) is 24.5 Å². The fourth-order valence-electron chi connectivity index (χ4n) is 5.69. The lowest BCUT2D eigenvalue weighted by Gasteiger charge is -2.28. The highest BCUT2D eigenvalue weighted by atomic mass is 35.5. The van der Waals surface area contributed by atoms with E-state index in [2.05, 4.69) is 26.7 Å². The van der Waals surface area contributed by atoms with Crippen molar-refractivity contribution in [3.05, 3.63) is 46.6 Å². The summed E-state index contributed by atoms with van der Waals surface area (Å²) in [5, 5.41) is 6.86.